The topological polar surface area (TPSA) is 29.4 Å². The van der Waals surface area contributed by atoms with Gasteiger partial charge in [-0.3, -0.25) is 4.79 Å². The Morgan fingerprint density at radius 2 is 2.40 bits per heavy atom. The van der Waals surface area contributed by atoms with Crippen LogP contribution >= 0.6 is 12.2 Å². The second-order valence-corrected chi connectivity index (χ2v) is 1.64. The number of isothiocyanates is 1. The Morgan fingerprint density at radius 3 is 2.70 bits per heavy atom. The average Bonchev–Trinajstić information content (AvgIpc) is 1.91. The maximum Gasteiger partial charge on any atom is 0.285 e. The van der Waals surface area contributed by atoms with Crippen molar-refractivity contribution >= 4 is 23.3 Å². The summed E-state index contributed by atoms with van der Waals surface area (Å²) in [6.45, 7) is 5.15. The van der Waals surface area contributed by atoms with E-state index in [2.05, 4.69) is 23.8 Å². The number of thiocarbonyl (C=S) groups is 1. The molecule has 0 bridgehead atoms. The molecule has 10 heavy (non-hydrogen) atoms. The summed E-state index contributed by atoms with van der Waals surface area (Å²) in [4.78, 5) is 14.0. The van der Waals surface area contributed by atoms with Gasteiger partial charge in [-0.15, -0.1) is 0 Å². The molecule has 1 amide bonds. The second-order valence-electron chi connectivity index (χ2n) is 1.46. The molecule has 0 aromatic carbocycles. The predicted octanol–water partition coefficient (Wildman–Crippen LogP) is 1.75. The average molecular weight is 153 g/mol. The first-order chi connectivity index (χ1) is 4.76. The quantitative estimate of drug-likeness (QED) is 0.262. The Morgan fingerprint density at radius 1 is 1.80 bits per heavy atom. The zero-order chi connectivity index (χ0) is 7.98. The summed E-state index contributed by atoms with van der Waals surface area (Å²) in [6, 6.07) is 0. The van der Waals surface area contributed by atoms with Gasteiger partial charge in [-0.05, 0) is 19.1 Å². The fraction of sp³-hybridized carbons (Fsp3) is 0.143. The highest BCUT2D eigenvalue weighted by Gasteiger charge is 1.99. The van der Waals surface area contributed by atoms with E-state index < -0.39 is 5.91 Å². The molecule has 0 rings (SSSR count). The van der Waals surface area contributed by atoms with Crippen LogP contribution in [0.2, 0.25) is 0 Å². The highest BCUT2D eigenvalue weighted by Crippen LogP contribution is 1.96. The summed E-state index contributed by atoms with van der Waals surface area (Å²) < 4.78 is 0. The summed E-state index contributed by atoms with van der Waals surface area (Å²) in [5.41, 5.74) is 0.442. The van der Waals surface area contributed by atoms with Gasteiger partial charge in [0, 0.05) is 5.57 Å². The van der Waals surface area contributed by atoms with Crippen molar-refractivity contribution in [2.75, 3.05) is 0 Å². The molecule has 0 atom stereocenters. The maximum absolute atomic E-state index is 10.8. The molecule has 52 valence electrons. The third-order valence-corrected chi connectivity index (χ3v) is 1.02. The molecule has 0 unspecified atom stereocenters. The number of hydrogen-bond acceptors (Lipinski definition) is 2. The summed E-state index contributed by atoms with van der Waals surface area (Å²) in [5.74, 6) is -0.396. The molecule has 3 heteroatoms. The molecule has 0 aromatic rings. The van der Waals surface area contributed by atoms with Gasteiger partial charge in [0.25, 0.3) is 5.91 Å². The van der Waals surface area contributed by atoms with Gasteiger partial charge in [0.05, 0.1) is 5.16 Å². The van der Waals surface area contributed by atoms with Crippen LogP contribution < -0.4 is 0 Å². The van der Waals surface area contributed by atoms with Crippen molar-refractivity contribution in [1.82, 2.24) is 0 Å². The van der Waals surface area contributed by atoms with Crippen molar-refractivity contribution in [2.45, 2.75) is 6.92 Å². The lowest BCUT2D eigenvalue weighted by atomic mass is 10.2. The minimum Gasteiger partial charge on any atom is -0.266 e. The minimum atomic E-state index is -0.396. The van der Waals surface area contributed by atoms with E-state index >= 15 is 0 Å². The maximum atomic E-state index is 10.8. The zero-order valence-corrected chi connectivity index (χ0v) is 6.44. The number of amides is 1. The molecule has 0 aliphatic carbocycles. The van der Waals surface area contributed by atoms with Gasteiger partial charge in [-0.25, -0.2) is 0 Å². The minimum absolute atomic E-state index is 0.396. The number of carbonyl (C=O) groups excluding carboxylic acids is 1. The monoisotopic (exact) mass is 153 g/mol. The van der Waals surface area contributed by atoms with Crippen molar-refractivity contribution in [2.24, 2.45) is 4.99 Å². The van der Waals surface area contributed by atoms with Crippen molar-refractivity contribution in [3.8, 4) is 0 Å². The molecule has 0 saturated heterocycles. The number of hydrogen-bond donors (Lipinski definition) is 0. The highest BCUT2D eigenvalue weighted by molar-refractivity contribution is 7.78. The van der Waals surface area contributed by atoms with Crippen LogP contribution in [0.25, 0.3) is 0 Å². The lowest BCUT2D eigenvalue weighted by molar-refractivity contribution is -0.114. The molecule has 0 spiro atoms. The molecular formula is C7H7NOS. The Balaban J connectivity index is 4.47. The fourth-order valence-electron chi connectivity index (χ4n) is 0.435. The third-order valence-electron chi connectivity index (χ3n) is 0.925. The van der Waals surface area contributed by atoms with E-state index in [4.69, 9.17) is 0 Å². The molecule has 0 saturated carbocycles. The number of nitrogens with zero attached hydrogens (tertiary/aromatic N) is 1. The first-order valence-corrected chi connectivity index (χ1v) is 3.08. The largest absolute Gasteiger partial charge is 0.285 e. The van der Waals surface area contributed by atoms with Gasteiger partial charge in [-0.2, -0.15) is 4.99 Å². The zero-order valence-electron chi connectivity index (χ0n) is 5.63. The first-order valence-electron chi connectivity index (χ1n) is 2.67. The van der Waals surface area contributed by atoms with Crippen LogP contribution in [0.4, 0.5) is 0 Å². The Bertz CT molecular complexity index is 224. The number of rotatable bonds is 2. The Hall–Kier alpha value is -1.05. The van der Waals surface area contributed by atoms with E-state index in [-0.39, 0.29) is 0 Å². The van der Waals surface area contributed by atoms with Gasteiger partial charge in [0.1, 0.15) is 0 Å². The lowest BCUT2D eigenvalue weighted by Crippen LogP contribution is -1.93. The molecule has 0 heterocycles. The molecule has 0 radical (unpaired) electrons. The van der Waals surface area contributed by atoms with Crippen molar-refractivity contribution in [1.29, 1.82) is 0 Å². The summed E-state index contributed by atoms with van der Waals surface area (Å²) in [5, 5.41) is 1.99. The van der Waals surface area contributed by atoms with Crippen molar-refractivity contribution < 1.29 is 4.79 Å². The smallest absolute Gasteiger partial charge is 0.266 e. The van der Waals surface area contributed by atoms with Crippen LogP contribution in [0.5, 0.6) is 0 Å². The van der Waals surface area contributed by atoms with Crippen LogP contribution in [0.15, 0.2) is 29.3 Å². The van der Waals surface area contributed by atoms with E-state index in [1.165, 1.54) is 6.08 Å². The predicted molar refractivity (Wildman–Crippen MR) is 44.0 cm³/mol. The molecule has 0 fully saturated rings. The first kappa shape index (κ1) is 8.95. The van der Waals surface area contributed by atoms with E-state index in [1.54, 1.807) is 13.0 Å². The van der Waals surface area contributed by atoms with Crippen LogP contribution in [-0.2, 0) is 4.79 Å². The number of aliphatic imine (C=N–C) groups is 1. The van der Waals surface area contributed by atoms with E-state index in [9.17, 15) is 4.79 Å². The van der Waals surface area contributed by atoms with Crippen LogP contribution in [-0.4, -0.2) is 11.1 Å². The van der Waals surface area contributed by atoms with E-state index in [0.717, 1.165) is 0 Å². The standard InChI is InChI=1S/C7H7NOS/c1-3-6(4-2)7(9)8-5-10/h3-4H,1H2,2H3/b6-4+. The Kier molecular flexibility index (Phi) is 4.29. The molecule has 0 aliphatic heterocycles. The lowest BCUT2D eigenvalue weighted by Gasteiger charge is -1.88. The second kappa shape index (κ2) is 4.79. The normalized spacial score (nSPS) is 9.90. The highest BCUT2D eigenvalue weighted by atomic mass is 32.1. The number of carbonyl (C=O) groups is 1. The van der Waals surface area contributed by atoms with Crippen LogP contribution in [0.1, 0.15) is 6.92 Å². The summed E-state index contributed by atoms with van der Waals surface area (Å²) in [7, 11) is 0. The summed E-state index contributed by atoms with van der Waals surface area (Å²) in [6.07, 6.45) is 3.05. The van der Waals surface area contributed by atoms with Gasteiger partial charge < -0.3 is 0 Å². The fourth-order valence-corrected chi connectivity index (χ4v) is 0.518. The van der Waals surface area contributed by atoms with E-state index in [1.807, 2.05) is 5.16 Å². The molecular weight excluding hydrogens is 146 g/mol. The van der Waals surface area contributed by atoms with E-state index in [0.29, 0.717) is 5.57 Å². The van der Waals surface area contributed by atoms with Gasteiger partial charge in [-0.1, -0.05) is 18.7 Å². The van der Waals surface area contributed by atoms with Crippen molar-refractivity contribution in [3.05, 3.63) is 24.3 Å². The van der Waals surface area contributed by atoms with Gasteiger partial charge in [0.15, 0.2) is 0 Å². The SMILES string of the molecule is C=C/C(=C\C)C(=O)N=C=S. The van der Waals surface area contributed by atoms with Crippen molar-refractivity contribution in [3.63, 3.8) is 0 Å². The molecule has 0 aliphatic rings. The Labute approximate surface area is 65.0 Å². The van der Waals surface area contributed by atoms with Crippen LogP contribution in [0, 0.1) is 0 Å². The number of allylic oxidation sites excluding steroid dienone is 1. The summed E-state index contributed by atoms with van der Waals surface area (Å²) >= 11 is 4.24. The molecule has 2 nitrogen and oxygen atoms in total. The van der Waals surface area contributed by atoms with Gasteiger partial charge >= 0.3 is 0 Å². The van der Waals surface area contributed by atoms with Gasteiger partial charge in [0.2, 0.25) is 0 Å². The molecule has 0 aromatic heterocycles. The molecule has 0 N–H and O–H groups in total. The van der Waals surface area contributed by atoms with Crippen LogP contribution in [0.3, 0.4) is 0 Å². The third kappa shape index (κ3) is 2.49.